The van der Waals surface area contributed by atoms with Gasteiger partial charge in [0.1, 0.15) is 59.0 Å². The Bertz CT molecular complexity index is 1020. The molecule has 1 aromatic rings. The quantitative estimate of drug-likeness (QED) is 0.0533. The molecule has 10 atom stereocenters. The SMILES string of the molecule is C[C@@H]1O[C@@H](Oc2ccc(C/C(=N/OS(=O)(=O)[O-])S[C@@H]3O[C@H](CO)[C@@H](O)[C@H](O)[C@H]3O)cc2)[C@H](O)[C@H](O)[C@H]1O. The molecule has 37 heavy (non-hydrogen) atoms. The number of benzene rings is 1. The first-order valence-electron chi connectivity index (χ1n) is 10.9. The van der Waals surface area contributed by atoms with Crippen LogP contribution in [0.1, 0.15) is 12.5 Å². The van der Waals surface area contributed by atoms with E-state index in [2.05, 4.69) is 9.44 Å². The number of aliphatic hydroxyl groups is 7. The lowest BCUT2D eigenvalue weighted by molar-refractivity contribution is -0.268. The fourth-order valence-corrected chi connectivity index (χ4v) is 4.91. The molecule has 0 unspecified atom stereocenters. The molecule has 17 heteroatoms. The molecule has 2 aliphatic heterocycles. The average Bonchev–Trinajstić information content (AvgIpc) is 2.85. The van der Waals surface area contributed by atoms with Gasteiger partial charge in [-0.1, -0.05) is 29.1 Å². The van der Waals surface area contributed by atoms with Crippen molar-refractivity contribution in [2.24, 2.45) is 5.16 Å². The number of nitrogens with zero attached hydrogens (tertiary/aromatic N) is 1. The van der Waals surface area contributed by atoms with Gasteiger partial charge in [0, 0.05) is 6.42 Å². The Morgan fingerprint density at radius 1 is 0.973 bits per heavy atom. The third-order valence-electron chi connectivity index (χ3n) is 5.67. The van der Waals surface area contributed by atoms with E-state index in [1.807, 2.05) is 0 Å². The number of oxime groups is 1. The zero-order chi connectivity index (χ0) is 27.5. The van der Waals surface area contributed by atoms with Gasteiger partial charge in [-0.25, -0.2) is 0 Å². The van der Waals surface area contributed by atoms with Crippen molar-refractivity contribution in [2.75, 3.05) is 6.61 Å². The molecule has 0 aliphatic carbocycles. The van der Waals surface area contributed by atoms with Crippen molar-refractivity contribution in [2.45, 2.75) is 73.9 Å². The maximum atomic E-state index is 10.9. The molecule has 3 rings (SSSR count). The monoisotopic (exact) mass is 570 g/mol. The molecule has 0 aromatic heterocycles. The average molecular weight is 571 g/mol. The van der Waals surface area contributed by atoms with E-state index in [1.54, 1.807) is 0 Å². The Kier molecular flexibility index (Phi) is 10.1. The van der Waals surface area contributed by atoms with Crippen molar-refractivity contribution >= 4 is 27.2 Å². The van der Waals surface area contributed by atoms with Gasteiger partial charge in [0.25, 0.3) is 10.4 Å². The van der Waals surface area contributed by atoms with Crippen molar-refractivity contribution in [3.63, 3.8) is 0 Å². The van der Waals surface area contributed by atoms with Crippen LogP contribution in [0.4, 0.5) is 0 Å². The van der Waals surface area contributed by atoms with Crippen LogP contribution in [0.15, 0.2) is 29.4 Å². The summed E-state index contributed by atoms with van der Waals surface area (Å²) in [5.41, 5.74) is -0.840. The molecule has 2 fully saturated rings. The lowest BCUT2D eigenvalue weighted by atomic mass is 10.00. The van der Waals surface area contributed by atoms with Gasteiger partial charge in [0.15, 0.2) is 0 Å². The van der Waals surface area contributed by atoms with Gasteiger partial charge in [-0.3, -0.25) is 4.28 Å². The Morgan fingerprint density at radius 2 is 1.59 bits per heavy atom. The molecule has 1 aromatic carbocycles. The van der Waals surface area contributed by atoms with Crippen LogP contribution in [0.25, 0.3) is 0 Å². The van der Waals surface area contributed by atoms with Gasteiger partial charge in [-0.2, -0.15) is 8.42 Å². The van der Waals surface area contributed by atoms with Crippen molar-refractivity contribution in [3.8, 4) is 5.75 Å². The van der Waals surface area contributed by atoms with Crippen LogP contribution in [0, 0.1) is 0 Å². The number of thioether (sulfide) groups is 1. The number of aliphatic hydroxyl groups excluding tert-OH is 7. The summed E-state index contributed by atoms with van der Waals surface area (Å²) in [6.07, 6.45) is -12.7. The van der Waals surface area contributed by atoms with Crippen molar-refractivity contribution < 1.29 is 67.2 Å². The number of ether oxygens (including phenoxy) is 3. The summed E-state index contributed by atoms with van der Waals surface area (Å²) in [6.45, 7) is 0.812. The highest BCUT2D eigenvalue weighted by molar-refractivity contribution is 8.14. The van der Waals surface area contributed by atoms with Crippen molar-refractivity contribution in [3.05, 3.63) is 29.8 Å². The zero-order valence-corrected chi connectivity index (χ0v) is 20.9. The van der Waals surface area contributed by atoms with Gasteiger partial charge in [-0.15, -0.1) is 0 Å². The van der Waals surface area contributed by atoms with Crippen molar-refractivity contribution in [1.82, 2.24) is 0 Å². The Labute approximate surface area is 215 Å². The van der Waals surface area contributed by atoms with E-state index in [-0.39, 0.29) is 17.2 Å². The van der Waals surface area contributed by atoms with Crippen molar-refractivity contribution in [1.29, 1.82) is 0 Å². The van der Waals surface area contributed by atoms with Crippen LogP contribution in [0.3, 0.4) is 0 Å². The van der Waals surface area contributed by atoms with E-state index in [0.29, 0.717) is 17.3 Å². The van der Waals surface area contributed by atoms with Gasteiger partial charge in [0.05, 0.1) is 12.7 Å². The summed E-state index contributed by atoms with van der Waals surface area (Å²) in [7, 11) is -5.22. The van der Waals surface area contributed by atoms with E-state index >= 15 is 0 Å². The minimum absolute atomic E-state index is 0.153. The fraction of sp³-hybridized carbons (Fsp3) is 0.650. The highest BCUT2D eigenvalue weighted by Crippen LogP contribution is 2.31. The Balaban J connectivity index is 1.72. The summed E-state index contributed by atoms with van der Waals surface area (Å²) in [5.74, 6) is 0.210. The molecule has 0 bridgehead atoms. The normalized spacial score (nSPS) is 37.3. The van der Waals surface area contributed by atoms with Crippen LogP contribution in [0.2, 0.25) is 0 Å². The lowest BCUT2D eigenvalue weighted by Crippen LogP contribution is -2.58. The molecule has 0 amide bonds. The Hall–Kier alpha value is -1.61. The second-order valence-electron chi connectivity index (χ2n) is 8.40. The fourth-order valence-electron chi connectivity index (χ4n) is 3.59. The van der Waals surface area contributed by atoms with E-state index in [1.165, 1.54) is 31.2 Å². The molecule has 15 nitrogen and oxygen atoms in total. The van der Waals surface area contributed by atoms with Crippen LogP contribution < -0.4 is 4.74 Å². The maximum Gasteiger partial charge on any atom is 0.284 e. The van der Waals surface area contributed by atoms with E-state index in [9.17, 15) is 48.7 Å². The lowest BCUT2D eigenvalue weighted by Gasteiger charge is -2.39. The number of hydrogen-bond acceptors (Lipinski definition) is 16. The molecule has 7 N–H and O–H groups in total. The van der Waals surface area contributed by atoms with Gasteiger partial charge < -0.3 is 54.5 Å². The van der Waals surface area contributed by atoms with Crippen LogP contribution in [-0.2, 0) is 30.6 Å². The summed E-state index contributed by atoms with van der Waals surface area (Å²) < 4.78 is 53.0. The molecule has 0 saturated carbocycles. The zero-order valence-electron chi connectivity index (χ0n) is 19.2. The van der Waals surface area contributed by atoms with E-state index in [4.69, 9.17) is 14.2 Å². The van der Waals surface area contributed by atoms with Gasteiger partial charge >= 0.3 is 0 Å². The van der Waals surface area contributed by atoms with Gasteiger partial charge in [-0.05, 0) is 24.6 Å². The molecule has 0 spiro atoms. The molecule has 2 heterocycles. The van der Waals surface area contributed by atoms with Crippen LogP contribution in [0.5, 0.6) is 5.75 Å². The summed E-state index contributed by atoms with van der Waals surface area (Å²) >= 11 is 0.599. The smallest absolute Gasteiger partial charge is 0.284 e. The molecule has 2 saturated heterocycles. The predicted octanol–water partition coefficient (Wildman–Crippen LogP) is -3.24. The highest BCUT2D eigenvalue weighted by atomic mass is 32.3. The number of rotatable bonds is 8. The molecular formula is C20H28NO14S2-. The third-order valence-corrected chi connectivity index (χ3v) is 7.04. The molecule has 2 aliphatic rings. The Morgan fingerprint density at radius 3 is 2.19 bits per heavy atom. The minimum atomic E-state index is -5.22. The molecule has 210 valence electrons. The standard InChI is InChI=1S/C20H29NO14S2/c1-8-13(23)15(25)17(27)19(32-8)33-10-4-2-9(3-5-10)6-12(21-35-37(29,30)31)36-20-18(28)16(26)14(24)11(7-22)34-20/h2-5,8,11,13-20,22-28H,6-7H2,1H3,(H,29,30,31)/p-1/b21-12-/t8-,11+,13-,14+,15+,16-,17+,18+,19-,20-/m0/s1. The number of hydrogen-bond donors (Lipinski definition) is 7. The van der Waals surface area contributed by atoms with E-state index in [0.717, 1.165) is 0 Å². The van der Waals surface area contributed by atoms with Gasteiger partial charge in [0.2, 0.25) is 6.29 Å². The molecular weight excluding hydrogens is 542 g/mol. The second-order valence-corrected chi connectivity index (χ2v) is 10.5. The third kappa shape index (κ3) is 7.71. The topological polar surface area (TPSA) is 248 Å². The summed E-state index contributed by atoms with van der Waals surface area (Å²) in [5, 5.41) is 72.4. The summed E-state index contributed by atoms with van der Waals surface area (Å²) in [4.78, 5) is 0. The first kappa shape index (κ1) is 29.9. The summed E-state index contributed by atoms with van der Waals surface area (Å²) in [6, 6.07) is 5.92. The first-order chi connectivity index (χ1) is 17.3. The second kappa shape index (κ2) is 12.5. The predicted molar refractivity (Wildman–Crippen MR) is 123 cm³/mol. The largest absolute Gasteiger partial charge is 0.714 e. The van der Waals surface area contributed by atoms with Crippen LogP contribution in [-0.4, -0.2) is 121 Å². The van der Waals surface area contributed by atoms with E-state index < -0.39 is 77.6 Å². The highest BCUT2D eigenvalue weighted by Gasteiger charge is 2.45. The van der Waals surface area contributed by atoms with Crippen LogP contribution >= 0.6 is 11.8 Å². The minimum Gasteiger partial charge on any atom is -0.714 e. The maximum absolute atomic E-state index is 10.9. The first-order valence-corrected chi connectivity index (χ1v) is 13.2. The molecule has 0 radical (unpaired) electrons.